The van der Waals surface area contributed by atoms with E-state index < -0.39 is 0 Å². The predicted molar refractivity (Wildman–Crippen MR) is 62.6 cm³/mol. The van der Waals surface area contributed by atoms with Crippen molar-refractivity contribution >= 4 is 23.8 Å². The predicted octanol–water partition coefficient (Wildman–Crippen LogP) is 2.24. The number of allylic oxidation sites excluding steroid dienone is 1. The van der Waals surface area contributed by atoms with E-state index in [4.69, 9.17) is 0 Å². The van der Waals surface area contributed by atoms with Crippen molar-refractivity contribution in [2.75, 3.05) is 12.8 Å². The summed E-state index contributed by atoms with van der Waals surface area (Å²) in [7, 11) is 0. The van der Waals surface area contributed by atoms with Crippen molar-refractivity contribution < 1.29 is 0 Å². The van der Waals surface area contributed by atoms with Crippen LogP contribution in [0.15, 0.2) is 32.8 Å². The van der Waals surface area contributed by atoms with Gasteiger partial charge in [-0.05, 0) is 30.4 Å². The average molecular weight is 207 g/mol. The standard InChI is InChI=1S/C10H13N3S/c1-3-8-7-11-9-5-4-6-12-13(9)10(8)14-2/h4-6H,3,7H2,1-2H3. The number of fused-ring (bicyclic) bond motifs is 1. The molecule has 74 valence electrons. The van der Waals surface area contributed by atoms with Crippen LogP contribution in [0.25, 0.3) is 0 Å². The van der Waals surface area contributed by atoms with Crippen LogP contribution in [-0.2, 0) is 0 Å². The molecule has 2 aliphatic heterocycles. The van der Waals surface area contributed by atoms with Crippen molar-refractivity contribution in [2.45, 2.75) is 13.3 Å². The lowest BCUT2D eigenvalue weighted by atomic mass is 10.2. The lowest BCUT2D eigenvalue weighted by Crippen LogP contribution is -2.29. The van der Waals surface area contributed by atoms with Crippen LogP contribution in [-0.4, -0.2) is 29.9 Å². The van der Waals surface area contributed by atoms with Gasteiger partial charge in [0.05, 0.1) is 6.54 Å². The number of hydrazone groups is 1. The van der Waals surface area contributed by atoms with E-state index >= 15 is 0 Å². The van der Waals surface area contributed by atoms with Crippen LogP contribution in [0.4, 0.5) is 0 Å². The molecule has 0 radical (unpaired) electrons. The summed E-state index contributed by atoms with van der Waals surface area (Å²) in [5.41, 5.74) is 1.37. The summed E-state index contributed by atoms with van der Waals surface area (Å²) in [4.78, 5) is 4.47. The first-order valence-electron chi connectivity index (χ1n) is 4.68. The quantitative estimate of drug-likeness (QED) is 0.694. The van der Waals surface area contributed by atoms with Crippen LogP contribution in [0.3, 0.4) is 0 Å². The third kappa shape index (κ3) is 1.50. The van der Waals surface area contributed by atoms with Crippen molar-refractivity contribution in [2.24, 2.45) is 10.1 Å². The monoisotopic (exact) mass is 207 g/mol. The molecule has 0 amide bonds. The molecule has 0 bridgehead atoms. The molecule has 0 aromatic carbocycles. The summed E-state index contributed by atoms with van der Waals surface area (Å²) < 4.78 is 0. The minimum absolute atomic E-state index is 0.818. The SMILES string of the molecule is CCC1=C(SC)N2N=CC=CC2=NC1. The van der Waals surface area contributed by atoms with E-state index in [2.05, 4.69) is 23.3 Å². The van der Waals surface area contributed by atoms with Gasteiger partial charge in [0, 0.05) is 6.21 Å². The van der Waals surface area contributed by atoms with Crippen molar-refractivity contribution in [3.05, 3.63) is 22.8 Å². The maximum absolute atomic E-state index is 4.47. The molecule has 0 fully saturated rings. The molecule has 4 heteroatoms. The van der Waals surface area contributed by atoms with Crippen molar-refractivity contribution in [3.8, 4) is 0 Å². The van der Waals surface area contributed by atoms with Gasteiger partial charge < -0.3 is 0 Å². The summed E-state index contributed by atoms with van der Waals surface area (Å²) in [6, 6.07) is 0. The maximum Gasteiger partial charge on any atom is 0.150 e. The Balaban J connectivity index is 2.35. The van der Waals surface area contributed by atoms with Gasteiger partial charge in [-0.15, -0.1) is 11.8 Å². The van der Waals surface area contributed by atoms with Crippen LogP contribution in [0.2, 0.25) is 0 Å². The lowest BCUT2D eigenvalue weighted by molar-refractivity contribution is 0.566. The normalized spacial score (nSPS) is 19.9. The Morgan fingerprint density at radius 2 is 2.43 bits per heavy atom. The van der Waals surface area contributed by atoms with Gasteiger partial charge in [-0.3, -0.25) is 4.99 Å². The van der Waals surface area contributed by atoms with E-state index in [-0.39, 0.29) is 0 Å². The summed E-state index contributed by atoms with van der Waals surface area (Å²) in [5, 5.41) is 7.47. The second-order valence-corrected chi connectivity index (χ2v) is 3.87. The van der Waals surface area contributed by atoms with Gasteiger partial charge in [-0.1, -0.05) is 6.92 Å². The highest BCUT2D eigenvalue weighted by molar-refractivity contribution is 8.02. The third-order valence-corrected chi connectivity index (χ3v) is 3.13. The molecule has 2 aliphatic rings. The van der Waals surface area contributed by atoms with Gasteiger partial charge in [0.2, 0.25) is 0 Å². The van der Waals surface area contributed by atoms with Crippen LogP contribution in [0.5, 0.6) is 0 Å². The molecule has 0 saturated heterocycles. The van der Waals surface area contributed by atoms with Crippen molar-refractivity contribution in [1.82, 2.24) is 5.01 Å². The first-order valence-corrected chi connectivity index (χ1v) is 5.90. The van der Waals surface area contributed by atoms with E-state index in [1.54, 1.807) is 18.0 Å². The highest BCUT2D eigenvalue weighted by Crippen LogP contribution is 2.29. The summed E-state index contributed by atoms with van der Waals surface area (Å²) >= 11 is 1.74. The molecular weight excluding hydrogens is 194 g/mol. The number of hydrogen-bond acceptors (Lipinski definition) is 4. The van der Waals surface area contributed by atoms with E-state index in [0.717, 1.165) is 18.8 Å². The van der Waals surface area contributed by atoms with Crippen LogP contribution >= 0.6 is 11.8 Å². The Morgan fingerprint density at radius 3 is 3.14 bits per heavy atom. The zero-order valence-electron chi connectivity index (χ0n) is 8.40. The topological polar surface area (TPSA) is 28.0 Å². The number of thioether (sulfide) groups is 1. The van der Waals surface area contributed by atoms with Crippen molar-refractivity contribution in [1.29, 1.82) is 0 Å². The molecule has 0 unspecified atom stereocenters. The van der Waals surface area contributed by atoms with Gasteiger partial charge in [-0.25, -0.2) is 5.01 Å². The number of aliphatic imine (C=N–C) groups is 1. The largest absolute Gasteiger partial charge is 0.262 e. The Labute approximate surface area is 88.3 Å². The van der Waals surface area contributed by atoms with Crippen LogP contribution in [0, 0.1) is 0 Å². The Kier molecular flexibility index (Phi) is 2.72. The Bertz CT molecular complexity index is 352. The molecule has 0 saturated carbocycles. The molecule has 2 rings (SSSR count). The van der Waals surface area contributed by atoms with Crippen LogP contribution in [0.1, 0.15) is 13.3 Å². The fraction of sp³-hybridized carbons (Fsp3) is 0.400. The first kappa shape index (κ1) is 9.52. The van der Waals surface area contributed by atoms with Gasteiger partial charge in [-0.2, -0.15) is 5.10 Å². The third-order valence-electron chi connectivity index (χ3n) is 2.28. The van der Waals surface area contributed by atoms with Gasteiger partial charge >= 0.3 is 0 Å². The molecule has 0 aromatic rings. The molecule has 14 heavy (non-hydrogen) atoms. The zero-order chi connectivity index (χ0) is 9.97. The van der Waals surface area contributed by atoms with E-state index in [1.807, 2.05) is 17.2 Å². The Morgan fingerprint density at radius 1 is 1.57 bits per heavy atom. The second kappa shape index (κ2) is 4.00. The number of amidine groups is 1. The number of rotatable bonds is 2. The molecule has 2 heterocycles. The van der Waals surface area contributed by atoms with E-state index in [9.17, 15) is 0 Å². The molecule has 0 spiro atoms. The molecular formula is C10H13N3S. The smallest absolute Gasteiger partial charge is 0.150 e. The highest BCUT2D eigenvalue weighted by atomic mass is 32.2. The van der Waals surface area contributed by atoms with Gasteiger partial charge in [0.15, 0.2) is 0 Å². The van der Waals surface area contributed by atoms with E-state index in [0.29, 0.717) is 0 Å². The maximum atomic E-state index is 4.47. The molecule has 0 atom stereocenters. The summed E-state index contributed by atoms with van der Waals surface area (Å²) in [6.07, 6.45) is 8.85. The zero-order valence-corrected chi connectivity index (χ0v) is 9.21. The lowest BCUT2D eigenvalue weighted by Gasteiger charge is -2.28. The molecule has 0 N–H and O–H groups in total. The second-order valence-electron chi connectivity index (χ2n) is 3.08. The first-order chi connectivity index (χ1) is 6.86. The van der Waals surface area contributed by atoms with Crippen LogP contribution < -0.4 is 0 Å². The minimum atomic E-state index is 0.818. The van der Waals surface area contributed by atoms with Crippen molar-refractivity contribution in [3.63, 3.8) is 0 Å². The molecule has 0 aliphatic carbocycles. The number of nitrogens with zero attached hydrogens (tertiary/aromatic N) is 3. The Hall–Kier alpha value is -1.03. The fourth-order valence-corrected chi connectivity index (χ4v) is 2.34. The molecule has 3 nitrogen and oxygen atoms in total. The van der Waals surface area contributed by atoms with E-state index in [1.165, 1.54) is 10.6 Å². The number of hydrogen-bond donors (Lipinski definition) is 0. The summed E-state index contributed by atoms with van der Waals surface area (Å²) in [6.45, 7) is 2.98. The highest BCUT2D eigenvalue weighted by Gasteiger charge is 2.21. The average Bonchev–Trinajstić information content (AvgIpc) is 2.27. The van der Waals surface area contributed by atoms with Gasteiger partial charge in [0.1, 0.15) is 10.9 Å². The fourth-order valence-electron chi connectivity index (χ4n) is 1.53. The minimum Gasteiger partial charge on any atom is -0.262 e. The molecule has 0 aromatic heterocycles. The summed E-state index contributed by atoms with van der Waals surface area (Å²) in [5.74, 6) is 0.953. The van der Waals surface area contributed by atoms with Gasteiger partial charge in [0.25, 0.3) is 0 Å².